The van der Waals surface area contributed by atoms with Crippen LogP contribution in [0.1, 0.15) is 15.9 Å². The molecule has 0 fully saturated rings. The van der Waals surface area contributed by atoms with Gasteiger partial charge in [-0.3, -0.25) is 4.79 Å². The van der Waals surface area contributed by atoms with Crippen molar-refractivity contribution in [1.82, 2.24) is 5.43 Å². The Morgan fingerprint density at radius 2 is 2.05 bits per heavy atom. The van der Waals surface area contributed by atoms with E-state index in [1.165, 1.54) is 12.3 Å². The second-order valence-corrected chi connectivity index (χ2v) is 5.92. The molecule has 2 aromatic rings. The van der Waals surface area contributed by atoms with Crippen molar-refractivity contribution in [1.29, 1.82) is 0 Å². The molecule has 1 N–H and O–H groups in total. The third kappa shape index (κ3) is 4.22. The van der Waals surface area contributed by atoms with Crippen LogP contribution in [0.25, 0.3) is 0 Å². The van der Waals surface area contributed by atoms with E-state index in [0.29, 0.717) is 15.8 Å². The van der Waals surface area contributed by atoms with E-state index >= 15 is 0 Å². The summed E-state index contributed by atoms with van der Waals surface area (Å²) in [6.07, 6.45) is 1.51. The van der Waals surface area contributed by atoms with Gasteiger partial charge in [-0.05, 0) is 57.9 Å². The Morgan fingerprint density at radius 3 is 2.73 bits per heavy atom. The molecule has 0 saturated carbocycles. The highest BCUT2D eigenvalue weighted by Gasteiger charge is 2.10. The minimum absolute atomic E-state index is 0.266. The Labute approximate surface area is 146 Å². The zero-order valence-electron chi connectivity index (χ0n) is 11.4. The summed E-state index contributed by atoms with van der Waals surface area (Å²) in [5.74, 6) is 0.281. The number of amides is 1. The van der Waals surface area contributed by atoms with E-state index in [2.05, 4.69) is 26.5 Å². The summed E-state index contributed by atoms with van der Waals surface area (Å²) in [5.41, 5.74) is 3.47. The lowest BCUT2D eigenvalue weighted by molar-refractivity contribution is 0.0955. The first-order valence-corrected chi connectivity index (χ1v) is 7.68. The second kappa shape index (κ2) is 7.63. The lowest BCUT2D eigenvalue weighted by Gasteiger charge is -2.04. The fourth-order valence-corrected chi connectivity index (χ4v) is 2.59. The van der Waals surface area contributed by atoms with Crippen LogP contribution in [0.5, 0.6) is 5.75 Å². The van der Waals surface area contributed by atoms with Gasteiger partial charge in [-0.25, -0.2) is 5.43 Å². The van der Waals surface area contributed by atoms with Crippen LogP contribution in [-0.4, -0.2) is 19.2 Å². The number of carbonyl (C=O) groups excluding carboxylic acids is 1. The van der Waals surface area contributed by atoms with Crippen molar-refractivity contribution in [2.24, 2.45) is 5.10 Å². The molecule has 0 unspecified atom stereocenters. The number of hydrazone groups is 1. The molecule has 0 atom stereocenters. The van der Waals surface area contributed by atoms with Gasteiger partial charge in [-0.2, -0.15) is 5.10 Å². The SMILES string of the molecule is COc1ccc(/C=N\NC(=O)c2cc(Cl)ccc2Cl)cc1Br. The van der Waals surface area contributed by atoms with Gasteiger partial charge in [0.15, 0.2) is 0 Å². The molecule has 0 aliphatic rings. The highest BCUT2D eigenvalue weighted by Crippen LogP contribution is 2.25. The Kier molecular flexibility index (Phi) is 5.83. The number of ether oxygens (including phenoxy) is 1. The zero-order chi connectivity index (χ0) is 16.1. The van der Waals surface area contributed by atoms with E-state index in [-0.39, 0.29) is 5.56 Å². The molecule has 0 aliphatic carbocycles. The van der Waals surface area contributed by atoms with Gasteiger partial charge in [0, 0.05) is 5.02 Å². The lowest BCUT2D eigenvalue weighted by atomic mass is 10.2. The third-order valence-corrected chi connectivity index (χ3v) is 3.91. The summed E-state index contributed by atoms with van der Waals surface area (Å²) in [4.78, 5) is 12.0. The van der Waals surface area contributed by atoms with Crippen molar-refractivity contribution in [3.8, 4) is 5.75 Å². The normalized spacial score (nSPS) is 10.7. The molecule has 0 saturated heterocycles. The maximum absolute atomic E-state index is 12.0. The van der Waals surface area contributed by atoms with Crippen LogP contribution in [0.4, 0.5) is 0 Å². The molecule has 0 bridgehead atoms. The van der Waals surface area contributed by atoms with E-state index in [1.54, 1.807) is 25.3 Å². The molecule has 0 radical (unpaired) electrons. The molecule has 22 heavy (non-hydrogen) atoms. The largest absolute Gasteiger partial charge is 0.496 e. The van der Waals surface area contributed by atoms with Crippen molar-refractivity contribution >= 4 is 51.3 Å². The number of benzene rings is 2. The van der Waals surface area contributed by atoms with Gasteiger partial charge >= 0.3 is 0 Å². The summed E-state index contributed by atoms with van der Waals surface area (Å²) < 4.78 is 5.93. The highest BCUT2D eigenvalue weighted by atomic mass is 79.9. The van der Waals surface area contributed by atoms with Crippen LogP contribution < -0.4 is 10.2 Å². The van der Waals surface area contributed by atoms with E-state index in [1.807, 2.05) is 12.1 Å². The van der Waals surface area contributed by atoms with Crippen molar-refractivity contribution < 1.29 is 9.53 Å². The number of nitrogens with zero attached hydrogens (tertiary/aromatic N) is 1. The van der Waals surface area contributed by atoms with Gasteiger partial charge < -0.3 is 4.74 Å². The molecule has 1 amide bonds. The molecule has 0 aliphatic heterocycles. The smallest absolute Gasteiger partial charge is 0.272 e. The minimum Gasteiger partial charge on any atom is -0.496 e. The van der Waals surface area contributed by atoms with Gasteiger partial charge in [0.2, 0.25) is 0 Å². The molecular weight excluding hydrogens is 391 g/mol. The Morgan fingerprint density at radius 1 is 1.27 bits per heavy atom. The van der Waals surface area contributed by atoms with Crippen LogP contribution in [0.15, 0.2) is 46.0 Å². The topological polar surface area (TPSA) is 50.7 Å². The van der Waals surface area contributed by atoms with Gasteiger partial charge in [-0.15, -0.1) is 0 Å². The lowest BCUT2D eigenvalue weighted by Crippen LogP contribution is -2.18. The van der Waals surface area contributed by atoms with Gasteiger partial charge in [0.1, 0.15) is 5.75 Å². The quantitative estimate of drug-likeness (QED) is 0.604. The van der Waals surface area contributed by atoms with Crippen LogP contribution >= 0.6 is 39.1 Å². The second-order valence-electron chi connectivity index (χ2n) is 4.22. The summed E-state index contributed by atoms with van der Waals surface area (Å²) in [5, 5.41) is 4.64. The molecule has 7 heteroatoms. The van der Waals surface area contributed by atoms with E-state index in [9.17, 15) is 4.79 Å². The van der Waals surface area contributed by atoms with Crippen molar-refractivity contribution in [2.45, 2.75) is 0 Å². The van der Waals surface area contributed by atoms with Gasteiger partial charge in [-0.1, -0.05) is 23.2 Å². The zero-order valence-corrected chi connectivity index (χ0v) is 14.5. The predicted molar refractivity (Wildman–Crippen MR) is 92.2 cm³/mol. The molecule has 0 spiro atoms. The Balaban J connectivity index is 2.07. The van der Waals surface area contributed by atoms with E-state index in [4.69, 9.17) is 27.9 Å². The maximum Gasteiger partial charge on any atom is 0.272 e. The first-order valence-electron chi connectivity index (χ1n) is 6.13. The number of hydrogen-bond donors (Lipinski definition) is 1. The minimum atomic E-state index is -0.434. The van der Waals surface area contributed by atoms with Crippen molar-refractivity contribution in [3.05, 3.63) is 62.0 Å². The van der Waals surface area contributed by atoms with Crippen molar-refractivity contribution in [2.75, 3.05) is 7.11 Å². The van der Waals surface area contributed by atoms with E-state index < -0.39 is 5.91 Å². The molecular formula is C15H11BrCl2N2O2. The first-order chi connectivity index (χ1) is 10.5. The molecule has 4 nitrogen and oxygen atoms in total. The number of hydrogen-bond acceptors (Lipinski definition) is 3. The molecule has 2 rings (SSSR count). The predicted octanol–water partition coefficient (Wildman–Crippen LogP) is 4.53. The fourth-order valence-electron chi connectivity index (χ4n) is 1.66. The standard InChI is InChI=1S/C15H11BrCl2N2O2/c1-22-14-5-2-9(6-12(14)16)8-19-20-15(21)11-7-10(17)3-4-13(11)18/h2-8H,1H3,(H,20,21)/b19-8-. The summed E-state index contributed by atoms with van der Waals surface area (Å²) >= 11 is 15.2. The fraction of sp³-hybridized carbons (Fsp3) is 0.0667. The van der Waals surface area contributed by atoms with Crippen LogP contribution in [0.3, 0.4) is 0 Å². The van der Waals surface area contributed by atoms with E-state index in [0.717, 1.165) is 10.0 Å². The van der Waals surface area contributed by atoms with Crippen molar-refractivity contribution in [3.63, 3.8) is 0 Å². The summed E-state index contributed by atoms with van der Waals surface area (Å²) in [6, 6.07) is 10.1. The third-order valence-electron chi connectivity index (χ3n) is 2.73. The Hall–Kier alpha value is -1.56. The number of halogens is 3. The molecule has 0 aromatic heterocycles. The first kappa shape index (κ1) is 16.8. The average molecular weight is 402 g/mol. The molecule has 0 heterocycles. The number of nitrogens with one attached hydrogen (secondary N) is 1. The maximum atomic E-state index is 12.0. The highest BCUT2D eigenvalue weighted by molar-refractivity contribution is 9.10. The van der Waals surface area contributed by atoms with Crippen LogP contribution in [0.2, 0.25) is 10.0 Å². The monoisotopic (exact) mass is 400 g/mol. The van der Waals surface area contributed by atoms with Crippen LogP contribution in [0, 0.1) is 0 Å². The van der Waals surface area contributed by atoms with Gasteiger partial charge in [0.25, 0.3) is 5.91 Å². The molecule has 2 aromatic carbocycles. The van der Waals surface area contributed by atoms with Gasteiger partial charge in [0.05, 0.1) is 28.4 Å². The number of carbonyl (C=O) groups is 1. The molecule has 114 valence electrons. The summed E-state index contributed by atoms with van der Waals surface area (Å²) in [7, 11) is 1.59. The van der Waals surface area contributed by atoms with Crippen LogP contribution in [-0.2, 0) is 0 Å². The number of methoxy groups -OCH3 is 1. The number of rotatable bonds is 4. The summed E-state index contributed by atoms with van der Waals surface area (Å²) in [6.45, 7) is 0. The average Bonchev–Trinajstić information content (AvgIpc) is 2.49. The Bertz CT molecular complexity index is 735.